The third kappa shape index (κ3) is 5.77. The van der Waals surface area contributed by atoms with E-state index in [-0.39, 0.29) is 12.5 Å². The molecule has 3 aromatic rings. The summed E-state index contributed by atoms with van der Waals surface area (Å²) in [5, 5.41) is 5.97. The highest BCUT2D eigenvalue weighted by atomic mass is 127. The number of anilines is 2. The average molecular weight is 458 g/mol. The molecule has 0 saturated carbocycles. The van der Waals surface area contributed by atoms with Crippen LogP contribution in [0.15, 0.2) is 78.9 Å². The Morgan fingerprint density at radius 2 is 1.50 bits per heavy atom. The Balaban J connectivity index is 1.45. The van der Waals surface area contributed by atoms with Crippen molar-refractivity contribution in [1.82, 2.24) is 0 Å². The molecule has 3 aromatic carbocycles. The number of halogens is 1. The fourth-order valence-electron chi connectivity index (χ4n) is 2.33. The standard InChI is InChI=1S/C21H19IN2O2/c22-17-6-8-19(9-7-17)24-21(25)14-23-18-10-12-20(13-11-18)26-15-16-4-2-1-3-5-16/h1-13,23H,14-15H2,(H,24,25). The molecule has 0 unspecified atom stereocenters. The number of ether oxygens (including phenoxy) is 1. The summed E-state index contributed by atoms with van der Waals surface area (Å²) < 4.78 is 6.89. The number of hydrogen-bond acceptors (Lipinski definition) is 3. The van der Waals surface area contributed by atoms with Gasteiger partial charge in [-0.2, -0.15) is 0 Å². The van der Waals surface area contributed by atoms with Crippen LogP contribution in [0.3, 0.4) is 0 Å². The minimum Gasteiger partial charge on any atom is -0.489 e. The maximum atomic E-state index is 12.0. The third-order valence-electron chi connectivity index (χ3n) is 3.68. The zero-order valence-corrected chi connectivity index (χ0v) is 16.3. The second-order valence-corrected chi connectivity index (χ2v) is 6.95. The van der Waals surface area contributed by atoms with Crippen molar-refractivity contribution >= 4 is 39.9 Å². The quantitative estimate of drug-likeness (QED) is 0.495. The van der Waals surface area contributed by atoms with Crippen molar-refractivity contribution in [1.29, 1.82) is 0 Å². The number of benzene rings is 3. The molecule has 0 aliphatic carbocycles. The van der Waals surface area contributed by atoms with Crippen molar-refractivity contribution in [2.75, 3.05) is 17.2 Å². The minimum absolute atomic E-state index is 0.0874. The van der Waals surface area contributed by atoms with Crippen LogP contribution in [0.2, 0.25) is 0 Å². The Morgan fingerprint density at radius 1 is 0.846 bits per heavy atom. The molecule has 0 aliphatic heterocycles. The molecule has 1 amide bonds. The molecule has 0 spiro atoms. The Bertz CT molecular complexity index is 834. The normalized spacial score (nSPS) is 10.2. The third-order valence-corrected chi connectivity index (χ3v) is 4.40. The summed E-state index contributed by atoms with van der Waals surface area (Å²) in [6, 6.07) is 25.3. The van der Waals surface area contributed by atoms with Gasteiger partial charge in [-0.1, -0.05) is 30.3 Å². The van der Waals surface area contributed by atoms with Crippen LogP contribution in [-0.2, 0) is 11.4 Å². The van der Waals surface area contributed by atoms with E-state index < -0.39 is 0 Å². The lowest BCUT2D eigenvalue weighted by atomic mass is 10.2. The molecule has 0 heterocycles. The first-order valence-corrected chi connectivity index (χ1v) is 9.33. The molecule has 2 N–H and O–H groups in total. The lowest BCUT2D eigenvalue weighted by Crippen LogP contribution is -2.21. The van der Waals surface area contributed by atoms with Crippen molar-refractivity contribution < 1.29 is 9.53 Å². The van der Waals surface area contributed by atoms with Gasteiger partial charge in [0, 0.05) is 14.9 Å². The summed E-state index contributed by atoms with van der Waals surface area (Å²) in [4.78, 5) is 12.0. The van der Waals surface area contributed by atoms with Gasteiger partial charge in [-0.25, -0.2) is 0 Å². The van der Waals surface area contributed by atoms with Crippen LogP contribution in [0.5, 0.6) is 5.75 Å². The van der Waals surface area contributed by atoms with Gasteiger partial charge >= 0.3 is 0 Å². The number of rotatable bonds is 7. The Morgan fingerprint density at radius 3 is 2.19 bits per heavy atom. The van der Waals surface area contributed by atoms with Crippen molar-refractivity contribution in [3.05, 3.63) is 88.0 Å². The van der Waals surface area contributed by atoms with E-state index in [0.717, 1.165) is 26.3 Å². The van der Waals surface area contributed by atoms with Gasteiger partial charge in [0.25, 0.3) is 0 Å². The van der Waals surface area contributed by atoms with Crippen LogP contribution >= 0.6 is 22.6 Å². The smallest absolute Gasteiger partial charge is 0.243 e. The van der Waals surface area contributed by atoms with E-state index in [1.165, 1.54) is 0 Å². The Hall–Kier alpha value is -2.54. The van der Waals surface area contributed by atoms with E-state index in [0.29, 0.717) is 6.61 Å². The second-order valence-electron chi connectivity index (χ2n) is 5.71. The molecule has 26 heavy (non-hydrogen) atoms. The maximum Gasteiger partial charge on any atom is 0.243 e. The summed E-state index contributed by atoms with van der Waals surface area (Å²) in [6.45, 7) is 0.738. The van der Waals surface area contributed by atoms with Gasteiger partial charge in [0.2, 0.25) is 5.91 Å². The highest BCUT2D eigenvalue weighted by Gasteiger charge is 2.03. The van der Waals surface area contributed by atoms with Gasteiger partial charge in [-0.05, 0) is 76.7 Å². The van der Waals surface area contributed by atoms with E-state index in [2.05, 4.69) is 33.2 Å². The first kappa shape index (κ1) is 18.3. The molecule has 4 nitrogen and oxygen atoms in total. The van der Waals surface area contributed by atoms with Gasteiger partial charge in [-0.3, -0.25) is 4.79 Å². The van der Waals surface area contributed by atoms with Gasteiger partial charge in [0.05, 0.1) is 6.54 Å². The number of amides is 1. The van der Waals surface area contributed by atoms with E-state index >= 15 is 0 Å². The van der Waals surface area contributed by atoms with Crippen LogP contribution in [0.4, 0.5) is 11.4 Å². The van der Waals surface area contributed by atoms with E-state index in [1.54, 1.807) is 0 Å². The van der Waals surface area contributed by atoms with Crippen molar-refractivity contribution in [3.8, 4) is 5.75 Å². The molecular weight excluding hydrogens is 439 g/mol. The molecule has 3 rings (SSSR count). The van der Waals surface area contributed by atoms with E-state index in [9.17, 15) is 4.79 Å². The SMILES string of the molecule is O=C(CNc1ccc(OCc2ccccc2)cc1)Nc1ccc(I)cc1. The maximum absolute atomic E-state index is 12.0. The molecule has 132 valence electrons. The molecular formula is C21H19IN2O2. The van der Waals surface area contributed by atoms with Crippen LogP contribution in [0.25, 0.3) is 0 Å². The van der Waals surface area contributed by atoms with Crippen LogP contribution < -0.4 is 15.4 Å². The first-order chi connectivity index (χ1) is 12.7. The molecule has 0 aliphatic rings. The fourth-order valence-corrected chi connectivity index (χ4v) is 2.69. The summed E-state index contributed by atoms with van der Waals surface area (Å²) in [5.74, 6) is 0.707. The predicted octanol–water partition coefficient (Wildman–Crippen LogP) is 4.92. The molecule has 0 aromatic heterocycles. The fraction of sp³-hybridized carbons (Fsp3) is 0.0952. The molecule has 0 atom stereocenters. The number of carbonyl (C=O) groups is 1. The molecule has 0 bridgehead atoms. The van der Waals surface area contributed by atoms with Crippen molar-refractivity contribution in [3.63, 3.8) is 0 Å². The van der Waals surface area contributed by atoms with Crippen LogP contribution in [0.1, 0.15) is 5.56 Å². The monoisotopic (exact) mass is 458 g/mol. The van der Waals surface area contributed by atoms with Gasteiger partial charge < -0.3 is 15.4 Å². The van der Waals surface area contributed by atoms with E-state index in [1.807, 2.05) is 78.9 Å². The molecule has 0 saturated heterocycles. The van der Waals surface area contributed by atoms with Crippen LogP contribution in [0, 0.1) is 3.57 Å². The zero-order valence-electron chi connectivity index (χ0n) is 14.1. The number of carbonyl (C=O) groups excluding carboxylic acids is 1. The van der Waals surface area contributed by atoms with Gasteiger partial charge in [0.1, 0.15) is 12.4 Å². The zero-order chi connectivity index (χ0) is 18.2. The topological polar surface area (TPSA) is 50.4 Å². The van der Waals surface area contributed by atoms with E-state index in [4.69, 9.17) is 4.74 Å². The Labute approximate surface area is 166 Å². The Kier molecular flexibility index (Phi) is 6.49. The number of hydrogen-bond donors (Lipinski definition) is 2. The predicted molar refractivity (Wildman–Crippen MR) is 113 cm³/mol. The highest BCUT2D eigenvalue weighted by molar-refractivity contribution is 14.1. The van der Waals surface area contributed by atoms with Gasteiger partial charge in [0.15, 0.2) is 0 Å². The molecule has 0 radical (unpaired) electrons. The summed E-state index contributed by atoms with van der Waals surface area (Å²) in [7, 11) is 0. The van der Waals surface area contributed by atoms with Gasteiger partial charge in [-0.15, -0.1) is 0 Å². The summed E-state index contributed by atoms with van der Waals surface area (Å²) in [6.07, 6.45) is 0. The molecule has 0 fully saturated rings. The molecule has 5 heteroatoms. The lowest BCUT2D eigenvalue weighted by Gasteiger charge is -2.10. The number of nitrogens with one attached hydrogen (secondary N) is 2. The lowest BCUT2D eigenvalue weighted by molar-refractivity contribution is -0.114. The van der Waals surface area contributed by atoms with Crippen molar-refractivity contribution in [2.45, 2.75) is 6.61 Å². The van der Waals surface area contributed by atoms with Crippen LogP contribution in [-0.4, -0.2) is 12.5 Å². The average Bonchev–Trinajstić information content (AvgIpc) is 2.68. The highest BCUT2D eigenvalue weighted by Crippen LogP contribution is 2.17. The first-order valence-electron chi connectivity index (χ1n) is 8.25. The second kappa shape index (κ2) is 9.24. The minimum atomic E-state index is -0.0874. The van der Waals surface area contributed by atoms with Crippen molar-refractivity contribution in [2.24, 2.45) is 0 Å². The summed E-state index contributed by atoms with van der Waals surface area (Å²) in [5.41, 5.74) is 2.79. The largest absolute Gasteiger partial charge is 0.489 e. The summed E-state index contributed by atoms with van der Waals surface area (Å²) >= 11 is 2.23.